The normalized spacial score (nSPS) is 23.4. The first-order valence-corrected chi connectivity index (χ1v) is 7.28. The van der Waals surface area contributed by atoms with Crippen LogP contribution in [0.1, 0.15) is 39.0 Å². The van der Waals surface area contributed by atoms with E-state index in [0.29, 0.717) is 30.9 Å². The highest BCUT2D eigenvalue weighted by atomic mass is 16.5. The van der Waals surface area contributed by atoms with Crippen LogP contribution in [-0.4, -0.2) is 17.3 Å². The van der Waals surface area contributed by atoms with Gasteiger partial charge in [0.25, 0.3) is 5.56 Å². The van der Waals surface area contributed by atoms with Crippen molar-refractivity contribution >= 4 is 5.69 Å². The second kappa shape index (κ2) is 6.75. The summed E-state index contributed by atoms with van der Waals surface area (Å²) in [6.45, 7) is 3.40. The lowest BCUT2D eigenvalue weighted by atomic mass is 9.85. The van der Waals surface area contributed by atoms with Gasteiger partial charge < -0.3 is 15.0 Å². The average molecular weight is 264 g/mol. The van der Waals surface area contributed by atoms with E-state index in [9.17, 15) is 4.79 Å². The molecule has 2 rings (SSSR count). The molecule has 1 heterocycles. The number of aromatic nitrogens is 1. The Balaban J connectivity index is 1.85. The fraction of sp³-hybridized carbons (Fsp3) is 0.667. The molecule has 0 amide bonds. The maximum absolute atomic E-state index is 11.6. The molecule has 0 radical (unpaired) electrons. The van der Waals surface area contributed by atoms with Crippen LogP contribution in [0.15, 0.2) is 23.1 Å². The van der Waals surface area contributed by atoms with Crippen molar-refractivity contribution in [2.45, 2.75) is 51.7 Å². The van der Waals surface area contributed by atoms with Gasteiger partial charge in [0.1, 0.15) is 0 Å². The number of rotatable bonds is 5. The Bertz CT molecular complexity index is 456. The van der Waals surface area contributed by atoms with E-state index < -0.39 is 0 Å². The minimum absolute atomic E-state index is 0.0199. The van der Waals surface area contributed by atoms with E-state index in [4.69, 9.17) is 10.5 Å². The van der Waals surface area contributed by atoms with Crippen molar-refractivity contribution < 1.29 is 4.74 Å². The summed E-state index contributed by atoms with van der Waals surface area (Å²) in [5.74, 6) is 0.686. The third-order valence-electron chi connectivity index (χ3n) is 4.03. The molecule has 19 heavy (non-hydrogen) atoms. The summed E-state index contributed by atoms with van der Waals surface area (Å²) < 4.78 is 7.61. The molecule has 1 aromatic rings. The van der Waals surface area contributed by atoms with Crippen LogP contribution in [0, 0.1) is 5.92 Å². The quantitative estimate of drug-likeness (QED) is 0.888. The van der Waals surface area contributed by atoms with Gasteiger partial charge in [-0.05, 0) is 24.8 Å². The summed E-state index contributed by atoms with van der Waals surface area (Å²) in [6, 6.07) is 3.14. The molecule has 4 heteroatoms. The lowest BCUT2D eigenvalue weighted by molar-refractivity contribution is -0.0154. The second-order valence-corrected chi connectivity index (χ2v) is 5.36. The summed E-state index contributed by atoms with van der Waals surface area (Å²) in [6.07, 6.45) is 8.26. The van der Waals surface area contributed by atoms with Crippen molar-refractivity contribution in [1.82, 2.24) is 4.57 Å². The van der Waals surface area contributed by atoms with Crippen LogP contribution in [0.5, 0.6) is 0 Å². The molecule has 1 fully saturated rings. The van der Waals surface area contributed by atoms with Crippen LogP contribution < -0.4 is 11.3 Å². The van der Waals surface area contributed by atoms with Crippen molar-refractivity contribution in [3.05, 3.63) is 28.7 Å². The molecule has 2 N–H and O–H groups in total. The Labute approximate surface area is 114 Å². The summed E-state index contributed by atoms with van der Waals surface area (Å²) in [5, 5.41) is 0. The molecule has 0 bridgehead atoms. The number of ether oxygens (including phenoxy) is 1. The average Bonchev–Trinajstić information content (AvgIpc) is 2.43. The lowest BCUT2D eigenvalue weighted by Crippen LogP contribution is -2.29. The van der Waals surface area contributed by atoms with Gasteiger partial charge in [0.2, 0.25) is 0 Å². The van der Waals surface area contributed by atoms with Gasteiger partial charge in [0, 0.05) is 24.5 Å². The minimum Gasteiger partial charge on any atom is -0.398 e. The summed E-state index contributed by atoms with van der Waals surface area (Å²) >= 11 is 0. The van der Waals surface area contributed by atoms with Crippen LogP contribution in [0.4, 0.5) is 5.69 Å². The van der Waals surface area contributed by atoms with Crippen molar-refractivity contribution in [3.8, 4) is 0 Å². The first-order valence-electron chi connectivity index (χ1n) is 7.28. The molecule has 1 saturated carbocycles. The molecule has 4 nitrogen and oxygen atoms in total. The Morgan fingerprint density at radius 1 is 1.37 bits per heavy atom. The van der Waals surface area contributed by atoms with Gasteiger partial charge in [-0.1, -0.05) is 26.2 Å². The van der Waals surface area contributed by atoms with Gasteiger partial charge in [-0.2, -0.15) is 0 Å². The third-order valence-corrected chi connectivity index (χ3v) is 4.03. The lowest BCUT2D eigenvalue weighted by Gasteiger charge is -2.30. The van der Waals surface area contributed by atoms with Gasteiger partial charge in [-0.3, -0.25) is 4.79 Å². The molecule has 1 aliphatic rings. The number of nitrogen functional groups attached to an aromatic ring is 1. The van der Waals surface area contributed by atoms with Gasteiger partial charge in [-0.25, -0.2) is 0 Å². The molecular formula is C15H24N2O2. The largest absolute Gasteiger partial charge is 0.398 e. The van der Waals surface area contributed by atoms with Gasteiger partial charge in [0.15, 0.2) is 0 Å². The Morgan fingerprint density at radius 2 is 2.16 bits per heavy atom. The van der Waals surface area contributed by atoms with E-state index in [2.05, 4.69) is 6.92 Å². The van der Waals surface area contributed by atoms with E-state index in [1.54, 1.807) is 16.8 Å². The first kappa shape index (κ1) is 14.1. The molecular weight excluding hydrogens is 240 g/mol. The smallest absolute Gasteiger partial charge is 0.250 e. The number of nitrogens with two attached hydrogens (primary N) is 1. The van der Waals surface area contributed by atoms with Gasteiger partial charge >= 0.3 is 0 Å². The monoisotopic (exact) mass is 264 g/mol. The van der Waals surface area contributed by atoms with E-state index in [-0.39, 0.29) is 5.56 Å². The number of nitrogens with zero attached hydrogens (tertiary/aromatic N) is 1. The van der Waals surface area contributed by atoms with E-state index >= 15 is 0 Å². The number of pyridine rings is 1. The van der Waals surface area contributed by atoms with Crippen molar-refractivity contribution in [1.29, 1.82) is 0 Å². The molecule has 1 aliphatic carbocycles. The van der Waals surface area contributed by atoms with E-state index in [1.807, 2.05) is 0 Å². The molecule has 0 aliphatic heterocycles. The zero-order chi connectivity index (χ0) is 13.7. The SMILES string of the molecule is CCC1CCCCC1OCCn1cc(N)ccc1=O. The molecule has 106 valence electrons. The molecule has 0 spiro atoms. The number of anilines is 1. The zero-order valence-electron chi connectivity index (χ0n) is 11.7. The fourth-order valence-electron chi connectivity index (χ4n) is 2.89. The fourth-order valence-corrected chi connectivity index (χ4v) is 2.89. The standard InChI is InChI=1S/C15H24N2O2/c1-2-12-5-3-4-6-14(12)19-10-9-17-11-13(16)7-8-15(17)18/h7-8,11-12,14H,2-6,9-10,16H2,1H3. The van der Waals surface area contributed by atoms with E-state index in [0.717, 1.165) is 6.42 Å². The summed E-state index contributed by atoms with van der Waals surface area (Å²) in [5.41, 5.74) is 6.28. The molecule has 2 atom stereocenters. The molecule has 2 unspecified atom stereocenters. The van der Waals surface area contributed by atoms with E-state index in [1.165, 1.54) is 31.7 Å². The van der Waals surface area contributed by atoms with Crippen molar-refractivity contribution in [3.63, 3.8) is 0 Å². The number of hydrogen-bond donors (Lipinski definition) is 1. The first-order chi connectivity index (χ1) is 9.20. The van der Waals surface area contributed by atoms with Crippen LogP contribution in [0.25, 0.3) is 0 Å². The van der Waals surface area contributed by atoms with Crippen LogP contribution in [-0.2, 0) is 11.3 Å². The minimum atomic E-state index is -0.0199. The van der Waals surface area contributed by atoms with Gasteiger partial charge in [-0.15, -0.1) is 0 Å². The maximum atomic E-state index is 11.6. The zero-order valence-corrected chi connectivity index (χ0v) is 11.7. The van der Waals surface area contributed by atoms with Crippen molar-refractivity contribution in [2.75, 3.05) is 12.3 Å². The predicted octanol–water partition coefficient (Wildman–Crippen LogP) is 2.42. The Morgan fingerprint density at radius 3 is 2.95 bits per heavy atom. The third kappa shape index (κ3) is 3.83. The van der Waals surface area contributed by atoms with Crippen LogP contribution in [0.3, 0.4) is 0 Å². The molecule has 1 aromatic heterocycles. The second-order valence-electron chi connectivity index (χ2n) is 5.36. The van der Waals surface area contributed by atoms with Gasteiger partial charge in [0.05, 0.1) is 12.7 Å². The van der Waals surface area contributed by atoms with Crippen LogP contribution >= 0.6 is 0 Å². The summed E-state index contributed by atoms with van der Waals surface area (Å²) in [7, 11) is 0. The Kier molecular flexibility index (Phi) is 5.02. The highest BCUT2D eigenvalue weighted by Gasteiger charge is 2.23. The molecule has 0 saturated heterocycles. The van der Waals surface area contributed by atoms with Crippen molar-refractivity contribution in [2.24, 2.45) is 5.92 Å². The summed E-state index contributed by atoms with van der Waals surface area (Å²) in [4.78, 5) is 11.6. The highest BCUT2D eigenvalue weighted by Crippen LogP contribution is 2.28. The topological polar surface area (TPSA) is 57.2 Å². The Hall–Kier alpha value is -1.29. The maximum Gasteiger partial charge on any atom is 0.250 e. The highest BCUT2D eigenvalue weighted by molar-refractivity contribution is 5.33. The van der Waals surface area contributed by atoms with Crippen LogP contribution in [0.2, 0.25) is 0 Å². The number of hydrogen-bond acceptors (Lipinski definition) is 3. The molecule has 0 aromatic carbocycles. The predicted molar refractivity (Wildman–Crippen MR) is 77.1 cm³/mol.